The highest BCUT2D eigenvalue weighted by Gasteiger charge is 2.09. The van der Waals surface area contributed by atoms with E-state index in [0.29, 0.717) is 11.4 Å². The molecule has 1 rings (SSSR count). The number of hydrogen-bond acceptors (Lipinski definition) is 3. The Morgan fingerprint density at radius 3 is 2.81 bits per heavy atom. The summed E-state index contributed by atoms with van der Waals surface area (Å²) in [5, 5.41) is 11.2. The number of amides is 1. The quantitative estimate of drug-likeness (QED) is 0.789. The highest BCUT2D eigenvalue weighted by Crippen LogP contribution is 2.23. The van der Waals surface area contributed by atoms with Gasteiger partial charge < -0.3 is 10.4 Å². The summed E-state index contributed by atoms with van der Waals surface area (Å²) in [4.78, 5) is 23.3. The summed E-state index contributed by atoms with van der Waals surface area (Å²) in [6.07, 6.45) is 2.57. The van der Waals surface area contributed by atoms with Crippen LogP contribution >= 0.6 is 11.3 Å². The molecule has 0 aromatic carbocycles. The molecule has 0 spiro atoms. The molecule has 0 saturated heterocycles. The molecule has 0 unspecified atom stereocenters. The smallest absolute Gasteiger partial charge is 0.328 e. The fourth-order valence-electron chi connectivity index (χ4n) is 1.17. The second-order valence-corrected chi connectivity index (χ2v) is 4.27. The van der Waals surface area contributed by atoms with Crippen molar-refractivity contribution in [2.24, 2.45) is 0 Å². The molecule has 0 aliphatic carbocycles. The lowest BCUT2D eigenvalue weighted by Gasteiger charge is -1.96. The highest BCUT2D eigenvalue weighted by molar-refractivity contribution is 7.15. The van der Waals surface area contributed by atoms with Crippen LogP contribution in [0.2, 0.25) is 0 Å². The molecule has 1 aromatic heterocycles. The van der Waals surface area contributed by atoms with Crippen LogP contribution in [0.15, 0.2) is 12.1 Å². The number of hydrogen-bond donors (Lipinski definition) is 2. The lowest BCUT2D eigenvalue weighted by atomic mass is 10.2. The van der Waals surface area contributed by atoms with E-state index in [0.717, 1.165) is 16.5 Å². The zero-order valence-electron chi connectivity index (χ0n) is 9.11. The summed E-state index contributed by atoms with van der Waals surface area (Å²) in [5.41, 5.74) is 0.906. The lowest BCUT2D eigenvalue weighted by Crippen LogP contribution is -2.21. The number of rotatable bonds is 4. The maximum atomic E-state index is 11.5. The third-order valence-corrected chi connectivity index (χ3v) is 3.10. The standard InChI is InChI=1S/C11H13NO3S/c1-3-12-11(15)9-6-7(2)8(16-9)4-5-10(13)14/h4-6H,3H2,1-2H3,(H,12,15)(H,13,14). The van der Waals surface area contributed by atoms with Gasteiger partial charge in [0.25, 0.3) is 5.91 Å². The number of nitrogens with one attached hydrogen (secondary N) is 1. The maximum absolute atomic E-state index is 11.5. The van der Waals surface area contributed by atoms with Crippen molar-refractivity contribution >= 4 is 29.3 Å². The normalized spacial score (nSPS) is 10.6. The Balaban J connectivity index is 2.89. The molecule has 86 valence electrons. The first kappa shape index (κ1) is 12.4. The lowest BCUT2D eigenvalue weighted by molar-refractivity contribution is -0.131. The van der Waals surface area contributed by atoms with E-state index in [9.17, 15) is 9.59 Å². The molecule has 1 heterocycles. The molecule has 16 heavy (non-hydrogen) atoms. The van der Waals surface area contributed by atoms with E-state index in [1.165, 1.54) is 17.4 Å². The van der Waals surface area contributed by atoms with Gasteiger partial charge >= 0.3 is 5.97 Å². The zero-order valence-corrected chi connectivity index (χ0v) is 9.93. The molecule has 5 heteroatoms. The summed E-state index contributed by atoms with van der Waals surface area (Å²) >= 11 is 1.29. The Labute approximate surface area is 97.6 Å². The van der Waals surface area contributed by atoms with E-state index in [2.05, 4.69) is 5.32 Å². The van der Waals surface area contributed by atoms with Crippen LogP contribution in [0.1, 0.15) is 27.0 Å². The molecule has 0 saturated carbocycles. The minimum Gasteiger partial charge on any atom is -0.478 e. The largest absolute Gasteiger partial charge is 0.478 e. The van der Waals surface area contributed by atoms with Crippen molar-refractivity contribution in [3.05, 3.63) is 27.5 Å². The molecule has 0 aliphatic heterocycles. The summed E-state index contributed by atoms with van der Waals surface area (Å²) < 4.78 is 0. The van der Waals surface area contributed by atoms with Gasteiger partial charge in [0.1, 0.15) is 0 Å². The van der Waals surface area contributed by atoms with Crippen LogP contribution in [-0.4, -0.2) is 23.5 Å². The fraction of sp³-hybridized carbons (Fsp3) is 0.273. The number of aryl methyl sites for hydroxylation is 1. The van der Waals surface area contributed by atoms with Crippen LogP contribution in [0.3, 0.4) is 0 Å². The summed E-state index contributed by atoms with van der Waals surface area (Å²) in [6.45, 7) is 4.28. The third kappa shape index (κ3) is 3.20. The first-order chi connectivity index (χ1) is 7.54. The predicted molar refractivity (Wildman–Crippen MR) is 63.7 cm³/mol. The van der Waals surface area contributed by atoms with Crippen molar-refractivity contribution in [1.29, 1.82) is 0 Å². The van der Waals surface area contributed by atoms with Gasteiger partial charge in [-0.1, -0.05) is 0 Å². The van der Waals surface area contributed by atoms with Crippen molar-refractivity contribution < 1.29 is 14.7 Å². The van der Waals surface area contributed by atoms with E-state index < -0.39 is 5.97 Å². The zero-order chi connectivity index (χ0) is 12.1. The van der Waals surface area contributed by atoms with Crippen LogP contribution in [0.25, 0.3) is 6.08 Å². The van der Waals surface area contributed by atoms with E-state index in [1.807, 2.05) is 13.8 Å². The van der Waals surface area contributed by atoms with E-state index >= 15 is 0 Å². The van der Waals surface area contributed by atoms with Crippen molar-refractivity contribution in [1.82, 2.24) is 5.32 Å². The second-order valence-electron chi connectivity index (χ2n) is 3.19. The average molecular weight is 239 g/mol. The van der Waals surface area contributed by atoms with Crippen molar-refractivity contribution in [2.45, 2.75) is 13.8 Å². The molecule has 0 radical (unpaired) electrons. The molecule has 0 atom stereocenters. The monoisotopic (exact) mass is 239 g/mol. The number of aliphatic carboxylic acids is 1. The van der Waals surface area contributed by atoms with Gasteiger partial charge in [0.05, 0.1) is 4.88 Å². The van der Waals surface area contributed by atoms with Crippen LogP contribution in [0.4, 0.5) is 0 Å². The number of thiophene rings is 1. The van der Waals surface area contributed by atoms with Crippen LogP contribution < -0.4 is 5.32 Å². The average Bonchev–Trinajstić information content (AvgIpc) is 2.57. The van der Waals surface area contributed by atoms with E-state index in [-0.39, 0.29) is 5.91 Å². The van der Waals surface area contributed by atoms with Gasteiger partial charge in [-0.15, -0.1) is 11.3 Å². The van der Waals surface area contributed by atoms with Gasteiger partial charge in [0.15, 0.2) is 0 Å². The van der Waals surface area contributed by atoms with Gasteiger partial charge in [0, 0.05) is 17.5 Å². The molecule has 0 bridgehead atoms. The summed E-state index contributed by atoms with van der Waals surface area (Å²) in [6, 6.07) is 1.76. The first-order valence-electron chi connectivity index (χ1n) is 4.84. The maximum Gasteiger partial charge on any atom is 0.328 e. The van der Waals surface area contributed by atoms with Gasteiger partial charge in [-0.2, -0.15) is 0 Å². The Bertz CT molecular complexity index is 434. The highest BCUT2D eigenvalue weighted by atomic mass is 32.1. The Morgan fingerprint density at radius 1 is 1.56 bits per heavy atom. The first-order valence-corrected chi connectivity index (χ1v) is 5.66. The van der Waals surface area contributed by atoms with Gasteiger partial charge in [0.2, 0.25) is 0 Å². The fourth-order valence-corrected chi connectivity index (χ4v) is 2.16. The topological polar surface area (TPSA) is 66.4 Å². The number of carbonyl (C=O) groups excluding carboxylic acids is 1. The van der Waals surface area contributed by atoms with Gasteiger partial charge in [-0.25, -0.2) is 4.79 Å². The number of carboxylic acid groups (broad SMARTS) is 1. The van der Waals surface area contributed by atoms with Crippen LogP contribution in [-0.2, 0) is 4.79 Å². The number of carbonyl (C=O) groups is 2. The molecule has 2 N–H and O–H groups in total. The predicted octanol–water partition coefficient (Wildman–Crippen LogP) is 1.90. The molecular weight excluding hydrogens is 226 g/mol. The van der Waals surface area contributed by atoms with Gasteiger partial charge in [-0.05, 0) is 31.6 Å². The summed E-state index contributed by atoms with van der Waals surface area (Å²) in [5.74, 6) is -1.11. The third-order valence-electron chi connectivity index (χ3n) is 1.89. The molecule has 1 aromatic rings. The second kappa shape index (κ2) is 5.46. The van der Waals surface area contributed by atoms with Gasteiger partial charge in [-0.3, -0.25) is 4.79 Å². The van der Waals surface area contributed by atoms with E-state index in [4.69, 9.17) is 5.11 Å². The minimum absolute atomic E-state index is 0.120. The number of carboxylic acids is 1. The molecule has 4 nitrogen and oxygen atoms in total. The van der Waals surface area contributed by atoms with Crippen molar-refractivity contribution in [3.8, 4) is 0 Å². The summed E-state index contributed by atoms with van der Waals surface area (Å²) in [7, 11) is 0. The van der Waals surface area contributed by atoms with Crippen LogP contribution in [0, 0.1) is 6.92 Å². The van der Waals surface area contributed by atoms with Crippen molar-refractivity contribution in [3.63, 3.8) is 0 Å². The van der Waals surface area contributed by atoms with Crippen LogP contribution in [0.5, 0.6) is 0 Å². The molecule has 0 fully saturated rings. The van der Waals surface area contributed by atoms with Crippen molar-refractivity contribution in [2.75, 3.05) is 6.54 Å². The Hall–Kier alpha value is -1.62. The molecule has 0 aliphatic rings. The Morgan fingerprint density at radius 2 is 2.25 bits per heavy atom. The van der Waals surface area contributed by atoms with E-state index in [1.54, 1.807) is 6.07 Å². The molecular formula is C11H13NO3S. The minimum atomic E-state index is -0.993. The SMILES string of the molecule is CCNC(=O)c1cc(C)c(C=CC(=O)O)s1. The Kier molecular flexibility index (Phi) is 4.25. The molecule has 1 amide bonds.